The lowest BCUT2D eigenvalue weighted by Gasteiger charge is -2.26. The molecule has 1 aliphatic carbocycles. The van der Waals surface area contributed by atoms with Crippen LogP contribution in [0.4, 0.5) is 0 Å². The smallest absolute Gasteiger partial charge is 0.0670 e. The molecule has 0 bridgehead atoms. The van der Waals surface area contributed by atoms with Crippen molar-refractivity contribution in [3.8, 4) is 11.1 Å². The zero-order valence-electron chi connectivity index (χ0n) is 16.4. The van der Waals surface area contributed by atoms with Crippen molar-refractivity contribution < 1.29 is 0 Å². The number of hydrogen-bond acceptors (Lipinski definition) is 1. The van der Waals surface area contributed by atoms with Crippen molar-refractivity contribution in [2.24, 2.45) is 11.8 Å². The van der Waals surface area contributed by atoms with Crippen LogP contribution < -0.4 is 0 Å². The van der Waals surface area contributed by atoms with Gasteiger partial charge in [-0.2, -0.15) is 0 Å². The Morgan fingerprint density at radius 2 is 2.04 bits per heavy atom. The minimum absolute atomic E-state index is 0.490. The highest BCUT2D eigenvalue weighted by atomic mass is 14.7. The number of pyridine rings is 1. The lowest BCUT2D eigenvalue weighted by molar-refractivity contribution is 0.528. The molecular formula is C25H29N. The fraction of sp³-hybridized carbons (Fsp3) is 0.320. The summed E-state index contributed by atoms with van der Waals surface area (Å²) in [7, 11) is 0. The van der Waals surface area contributed by atoms with E-state index in [2.05, 4.69) is 88.4 Å². The second kappa shape index (κ2) is 8.31. The zero-order valence-corrected chi connectivity index (χ0v) is 16.4. The van der Waals surface area contributed by atoms with Gasteiger partial charge in [0.1, 0.15) is 0 Å². The minimum Gasteiger partial charge on any atom is -0.257 e. The Labute approximate surface area is 158 Å². The van der Waals surface area contributed by atoms with E-state index in [4.69, 9.17) is 4.98 Å². The first kappa shape index (κ1) is 18.4. The summed E-state index contributed by atoms with van der Waals surface area (Å²) >= 11 is 0. The summed E-state index contributed by atoms with van der Waals surface area (Å²) in [5.41, 5.74) is 7.62. The Bertz CT molecular complexity index is 854. The molecule has 0 spiro atoms. The average Bonchev–Trinajstić information content (AvgIpc) is 2.66. The molecule has 134 valence electrons. The van der Waals surface area contributed by atoms with Gasteiger partial charge in [-0.05, 0) is 72.9 Å². The summed E-state index contributed by atoms with van der Waals surface area (Å²) in [4.78, 5) is 4.72. The van der Waals surface area contributed by atoms with Crippen LogP contribution in [0.25, 0.3) is 16.7 Å². The van der Waals surface area contributed by atoms with Crippen LogP contribution in [0, 0.1) is 25.7 Å². The Balaban J connectivity index is 1.97. The third-order valence-electron chi connectivity index (χ3n) is 5.26. The monoisotopic (exact) mass is 343 g/mol. The number of aryl methyl sites for hydroxylation is 2. The van der Waals surface area contributed by atoms with Crippen LogP contribution in [-0.4, -0.2) is 4.98 Å². The third-order valence-corrected chi connectivity index (χ3v) is 5.26. The Hall–Kier alpha value is -2.41. The highest BCUT2D eigenvalue weighted by Gasteiger charge is 2.22. The summed E-state index contributed by atoms with van der Waals surface area (Å²) in [6.07, 6.45) is 15.5. The van der Waals surface area contributed by atoms with Crippen molar-refractivity contribution in [3.05, 3.63) is 83.7 Å². The minimum atomic E-state index is 0.490. The molecule has 26 heavy (non-hydrogen) atoms. The van der Waals surface area contributed by atoms with E-state index in [9.17, 15) is 0 Å². The number of hydrogen-bond donors (Lipinski definition) is 0. The molecular weight excluding hydrogens is 314 g/mol. The van der Waals surface area contributed by atoms with Crippen LogP contribution in [0.1, 0.15) is 43.5 Å². The van der Waals surface area contributed by atoms with Crippen LogP contribution in [0.5, 0.6) is 0 Å². The van der Waals surface area contributed by atoms with Crippen LogP contribution in [0.2, 0.25) is 0 Å². The first-order chi connectivity index (χ1) is 12.6. The number of rotatable bonds is 5. The maximum Gasteiger partial charge on any atom is 0.0670 e. The summed E-state index contributed by atoms with van der Waals surface area (Å²) in [5.74, 6) is 1.00. The van der Waals surface area contributed by atoms with Gasteiger partial charge in [0.15, 0.2) is 0 Å². The van der Waals surface area contributed by atoms with Gasteiger partial charge in [-0.3, -0.25) is 4.98 Å². The molecule has 2 unspecified atom stereocenters. The molecule has 0 saturated heterocycles. The van der Waals surface area contributed by atoms with Crippen LogP contribution in [0.3, 0.4) is 0 Å². The van der Waals surface area contributed by atoms with Crippen molar-refractivity contribution in [1.82, 2.24) is 4.98 Å². The van der Waals surface area contributed by atoms with Crippen LogP contribution in [0.15, 0.2) is 66.9 Å². The first-order valence-corrected chi connectivity index (χ1v) is 9.67. The van der Waals surface area contributed by atoms with Gasteiger partial charge in [0.25, 0.3) is 0 Å². The SMILES string of the molecule is CCC=CC(C)C1CC=CC=C1c1cc(-c2ccc(C)cc2C)ccn1. The van der Waals surface area contributed by atoms with E-state index in [1.165, 1.54) is 27.8 Å². The van der Waals surface area contributed by atoms with Gasteiger partial charge in [-0.25, -0.2) is 0 Å². The molecule has 2 atom stereocenters. The standard InChI is InChI=1S/C25H29N/c1-5-6-9-19(3)23-10-7-8-11-24(23)25-17-21(14-15-26-25)22-13-12-18(2)16-20(22)4/h6-9,11-17,19,23H,5,10H2,1-4H3. The summed E-state index contributed by atoms with van der Waals surface area (Å²) in [5, 5.41) is 0. The summed E-state index contributed by atoms with van der Waals surface area (Å²) in [6, 6.07) is 11.0. The van der Waals surface area contributed by atoms with Crippen molar-refractivity contribution in [2.45, 2.75) is 40.5 Å². The summed E-state index contributed by atoms with van der Waals surface area (Å²) in [6.45, 7) is 8.84. The molecule has 3 rings (SSSR count). The van der Waals surface area contributed by atoms with Crippen molar-refractivity contribution in [2.75, 3.05) is 0 Å². The maximum absolute atomic E-state index is 4.72. The molecule has 0 radical (unpaired) electrons. The predicted molar refractivity (Wildman–Crippen MR) is 113 cm³/mol. The second-order valence-corrected chi connectivity index (χ2v) is 7.34. The molecule has 2 aromatic rings. The molecule has 0 fully saturated rings. The molecule has 1 heterocycles. The normalized spacial score (nSPS) is 18.2. The number of allylic oxidation sites excluding steroid dienone is 6. The molecule has 0 N–H and O–H groups in total. The lowest BCUT2D eigenvalue weighted by atomic mass is 9.79. The van der Waals surface area contributed by atoms with E-state index in [-0.39, 0.29) is 0 Å². The molecule has 1 heteroatoms. The molecule has 0 amide bonds. The molecule has 0 aliphatic heterocycles. The van der Waals surface area contributed by atoms with Gasteiger partial charge in [0.2, 0.25) is 0 Å². The number of nitrogens with zero attached hydrogens (tertiary/aromatic N) is 1. The largest absolute Gasteiger partial charge is 0.257 e. The Morgan fingerprint density at radius 3 is 2.81 bits per heavy atom. The molecule has 1 aromatic carbocycles. The molecule has 1 nitrogen and oxygen atoms in total. The van der Waals surface area contributed by atoms with Gasteiger partial charge in [-0.15, -0.1) is 0 Å². The van der Waals surface area contributed by atoms with E-state index in [1.54, 1.807) is 0 Å². The van der Waals surface area contributed by atoms with Gasteiger partial charge in [-0.1, -0.05) is 68.0 Å². The zero-order chi connectivity index (χ0) is 18.5. The Morgan fingerprint density at radius 1 is 1.19 bits per heavy atom. The van der Waals surface area contributed by atoms with Gasteiger partial charge in [0, 0.05) is 6.20 Å². The third kappa shape index (κ3) is 4.04. The van der Waals surface area contributed by atoms with E-state index in [1.807, 2.05) is 6.20 Å². The quantitative estimate of drug-likeness (QED) is 0.536. The highest BCUT2D eigenvalue weighted by molar-refractivity contribution is 5.74. The van der Waals surface area contributed by atoms with E-state index in [0.29, 0.717) is 11.8 Å². The van der Waals surface area contributed by atoms with Crippen molar-refractivity contribution in [3.63, 3.8) is 0 Å². The number of aromatic nitrogens is 1. The second-order valence-electron chi connectivity index (χ2n) is 7.34. The van der Waals surface area contributed by atoms with Gasteiger partial charge >= 0.3 is 0 Å². The van der Waals surface area contributed by atoms with E-state index >= 15 is 0 Å². The number of benzene rings is 1. The fourth-order valence-electron chi connectivity index (χ4n) is 3.80. The Kier molecular flexibility index (Phi) is 5.88. The summed E-state index contributed by atoms with van der Waals surface area (Å²) < 4.78 is 0. The van der Waals surface area contributed by atoms with Gasteiger partial charge < -0.3 is 0 Å². The average molecular weight is 344 g/mol. The van der Waals surface area contributed by atoms with Gasteiger partial charge in [0.05, 0.1) is 5.69 Å². The highest BCUT2D eigenvalue weighted by Crippen LogP contribution is 2.36. The molecule has 0 saturated carbocycles. The fourth-order valence-corrected chi connectivity index (χ4v) is 3.80. The van der Waals surface area contributed by atoms with E-state index in [0.717, 1.165) is 18.5 Å². The lowest BCUT2D eigenvalue weighted by Crippen LogP contribution is -2.14. The van der Waals surface area contributed by atoms with Crippen LogP contribution in [-0.2, 0) is 0 Å². The molecule has 1 aromatic heterocycles. The predicted octanol–water partition coefficient (Wildman–Crippen LogP) is 6.93. The first-order valence-electron chi connectivity index (χ1n) is 9.67. The van der Waals surface area contributed by atoms with E-state index < -0.39 is 0 Å². The maximum atomic E-state index is 4.72. The van der Waals surface area contributed by atoms with Crippen molar-refractivity contribution >= 4 is 5.57 Å². The topological polar surface area (TPSA) is 12.9 Å². The van der Waals surface area contributed by atoms with Crippen molar-refractivity contribution in [1.29, 1.82) is 0 Å². The van der Waals surface area contributed by atoms with Crippen LogP contribution >= 0.6 is 0 Å². The molecule has 1 aliphatic rings.